The van der Waals surface area contributed by atoms with E-state index in [1.807, 2.05) is 12.4 Å². The van der Waals surface area contributed by atoms with Gasteiger partial charge in [0.1, 0.15) is 5.82 Å². The van der Waals surface area contributed by atoms with Gasteiger partial charge in [0.25, 0.3) is 0 Å². The van der Waals surface area contributed by atoms with Crippen LogP contribution in [-0.4, -0.2) is 43.7 Å². The first-order valence-corrected chi connectivity index (χ1v) is 9.10. The molecule has 3 heterocycles. The van der Waals surface area contributed by atoms with Crippen molar-refractivity contribution in [2.24, 2.45) is 0 Å². The number of aryl methyl sites for hydroxylation is 1. The first-order valence-electron chi connectivity index (χ1n) is 9.10. The van der Waals surface area contributed by atoms with Crippen molar-refractivity contribution < 1.29 is 4.52 Å². The predicted molar refractivity (Wildman–Crippen MR) is 89.3 cm³/mol. The fourth-order valence-electron chi connectivity index (χ4n) is 3.42. The Kier molecular flexibility index (Phi) is 4.62. The van der Waals surface area contributed by atoms with Crippen molar-refractivity contribution in [3.63, 3.8) is 0 Å². The SMILES string of the molecule is CCn1ccnc1CN[C@H]1CCCN(Cc2noc(C3CC3)n2)C1. The van der Waals surface area contributed by atoms with Crippen LogP contribution < -0.4 is 5.32 Å². The second kappa shape index (κ2) is 7.03. The van der Waals surface area contributed by atoms with Gasteiger partial charge in [0.15, 0.2) is 5.82 Å². The number of aromatic nitrogens is 4. The van der Waals surface area contributed by atoms with E-state index in [-0.39, 0.29) is 0 Å². The predicted octanol–water partition coefficient (Wildman–Crippen LogP) is 1.92. The summed E-state index contributed by atoms with van der Waals surface area (Å²) in [5, 5.41) is 7.80. The molecule has 130 valence electrons. The number of hydrogen-bond donors (Lipinski definition) is 1. The molecule has 0 radical (unpaired) electrons. The van der Waals surface area contributed by atoms with E-state index in [1.165, 1.54) is 25.7 Å². The summed E-state index contributed by atoms with van der Waals surface area (Å²) in [7, 11) is 0. The number of piperidine rings is 1. The van der Waals surface area contributed by atoms with Crippen molar-refractivity contribution in [1.82, 2.24) is 29.9 Å². The minimum absolute atomic E-state index is 0.496. The molecule has 2 aromatic rings. The molecule has 2 aliphatic rings. The fraction of sp³-hybridized carbons (Fsp3) is 0.706. The number of hydrogen-bond acceptors (Lipinski definition) is 6. The molecule has 0 unspecified atom stereocenters. The molecule has 1 aliphatic carbocycles. The van der Waals surface area contributed by atoms with E-state index >= 15 is 0 Å². The third-order valence-corrected chi connectivity index (χ3v) is 4.97. The maximum atomic E-state index is 5.36. The molecule has 7 nitrogen and oxygen atoms in total. The molecule has 0 aromatic carbocycles. The lowest BCUT2D eigenvalue weighted by atomic mass is 10.1. The topological polar surface area (TPSA) is 72.0 Å². The Hall–Kier alpha value is -1.73. The second-order valence-corrected chi connectivity index (χ2v) is 6.91. The Morgan fingerprint density at radius 3 is 3.08 bits per heavy atom. The van der Waals surface area contributed by atoms with Gasteiger partial charge in [-0.25, -0.2) is 4.98 Å². The summed E-state index contributed by atoms with van der Waals surface area (Å²) in [6, 6.07) is 0.496. The van der Waals surface area contributed by atoms with Crippen molar-refractivity contribution in [2.45, 2.75) is 64.2 Å². The molecule has 1 saturated carbocycles. The maximum absolute atomic E-state index is 5.36. The van der Waals surface area contributed by atoms with Crippen molar-refractivity contribution in [3.05, 3.63) is 29.9 Å². The van der Waals surface area contributed by atoms with Gasteiger partial charge in [-0.2, -0.15) is 4.98 Å². The Labute approximate surface area is 142 Å². The largest absolute Gasteiger partial charge is 0.339 e. The molecule has 0 spiro atoms. The van der Waals surface area contributed by atoms with Gasteiger partial charge in [-0.1, -0.05) is 5.16 Å². The standard InChI is InChI=1S/C17H26N6O/c1-2-23-9-7-18-16(23)10-19-14-4-3-8-22(11-14)12-15-20-17(24-21-15)13-5-6-13/h7,9,13-14,19H,2-6,8,10-12H2,1H3/t14-/m0/s1. The van der Waals surface area contributed by atoms with Gasteiger partial charge < -0.3 is 14.4 Å². The molecule has 24 heavy (non-hydrogen) atoms. The summed E-state index contributed by atoms with van der Waals surface area (Å²) >= 11 is 0. The average Bonchev–Trinajstić information content (AvgIpc) is 3.17. The Morgan fingerprint density at radius 2 is 2.25 bits per heavy atom. The normalized spacial score (nSPS) is 22.1. The van der Waals surface area contributed by atoms with Crippen LogP contribution in [0.3, 0.4) is 0 Å². The van der Waals surface area contributed by atoms with E-state index in [4.69, 9.17) is 4.52 Å². The van der Waals surface area contributed by atoms with Crippen LogP contribution in [0, 0.1) is 0 Å². The van der Waals surface area contributed by atoms with Crippen LogP contribution >= 0.6 is 0 Å². The number of nitrogens with one attached hydrogen (secondary N) is 1. The van der Waals surface area contributed by atoms with Crippen LogP contribution in [0.1, 0.15) is 56.1 Å². The zero-order valence-corrected chi connectivity index (χ0v) is 14.3. The first-order chi connectivity index (χ1) is 11.8. The van der Waals surface area contributed by atoms with Crippen molar-refractivity contribution in [1.29, 1.82) is 0 Å². The van der Waals surface area contributed by atoms with E-state index in [9.17, 15) is 0 Å². The summed E-state index contributed by atoms with van der Waals surface area (Å²) < 4.78 is 7.55. The Bertz CT molecular complexity index is 662. The van der Waals surface area contributed by atoms with Crippen LogP contribution in [0.5, 0.6) is 0 Å². The first kappa shape index (κ1) is 15.8. The lowest BCUT2D eigenvalue weighted by molar-refractivity contribution is 0.176. The monoisotopic (exact) mass is 330 g/mol. The number of rotatable bonds is 7. The van der Waals surface area contributed by atoms with Crippen LogP contribution in [0.25, 0.3) is 0 Å². The molecule has 2 aromatic heterocycles. The van der Waals surface area contributed by atoms with Crippen LogP contribution in [0.15, 0.2) is 16.9 Å². The second-order valence-electron chi connectivity index (χ2n) is 6.91. The zero-order valence-electron chi connectivity index (χ0n) is 14.3. The summed E-state index contributed by atoms with van der Waals surface area (Å²) in [5.74, 6) is 3.31. The van der Waals surface area contributed by atoms with Crippen molar-refractivity contribution in [2.75, 3.05) is 13.1 Å². The maximum Gasteiger partial charge on any atom is 0.229 e. The van der Waals surface area contributed by atoms with Crippen LogP contribution in [0.2, 0.25) is 0 Å². The minimum Gasteiger partial charge on any atom is -0.339 e. The number of imidazole rings is 1. The van der Waals surface area contributed by atoms with E-state index in [0.717, 1.165) is 50.3 Å². The van der Waals surface area contributed by atoms with E-state index in [0.29, 0.717) is 12.0 Å². The van der Waals surface area contributed by atoms with E-state index < -0.39 is 0 Å². The molecule has 0 amide bonds. The van der Waals surface area contributed by atoms with Gasteiger partial charge >= 0.3 is 0 Å². The van der Waals surface area contributed by atoms with Crippen LogP contribution in [0.4, 0.5) is 0 Å². The molecule has 1 saturated heterocycles. The molecule has 0 bridgehead atoms. The van der Waals surface area contributed by atoms with Crippen LogP contribution in [-0.2, 0) is 19.6 Å². The van der Waals surface area contributed by atoms with Gasteiger partial charge in [0.2, 0.25) is 5.89 Å². The molecule has 1 aliphatic heterocycles. The highest BCUT2D eigenvalue weighted by Crippen LogP contribution is 2.38. The molecule has 1 N–H and O–H groups in total. The third kappa shape index (κ3) is 3.67. The summed E-state index contributed by atoms with van der Waals surface area (Å²) in [6.45, 7) is 6.86. The fourth-order valence-corrected chi connectivity index (χ4v) is 3.42. The lowest BCUT2D eigenvalue weighted by Crippen LogP contribution is -2.45. The summed E-state index contributed by atoms with van der Waals surface area (Å²) in [4.78, 5) is 11.4. The zero-order chi connectivity index (χ0) is 16.4. The van der Waals surface area contributed by atoms with Gasteiger partial charge in [0, 0.05) is 37.4 Å². The molecule has 2 fully saturated rings. The lowest BCUT2D eigenvalue weighted by Gasteiger charge is -2.32. The number of likely N-dealkylation sites (tertiary alicyclic amines) is 1. The molecule has 4 rings (SSSR count). The highest BCUT2D eigenvalue weighted by molar-refractivity contribution is 5.02. The highest BCUT2D eigenvalue weighted by Gasteiger charge is 2.30. The number of nitrogens with zero attached hydrogens (tertiary/aromatic N) is 5. The van der Waals surface area contributed by atoms with Crippen molar-refractivity contribution >= 4 is 0 Å². The summed E-state index contributed by atoms with van der Waals surface area (Å²) in [6.07, 6.45) is 8.73. The quantitative estimate of drug-likeness (QED) is 0.836. The highest BCUT2D eigenvalue weighted by atomic mass is 16.5. The van der Waals surface area contributed by atoms with Gasteiger partial charge in [-0.05, 0) is 39.2 Å². The molecular weight excluding hydrogens is 304 g/mol. The molecular formula is C17H26N6O. The van der Waals surface area contributed by atoms with Gasteiger partial charge in [-0.3, -0.25) is 4.90 Å². The van der Waals surface area contributed by atoms with E-state index in [1.54, 1.807) is 0 Å². The van der Waals surface area contributed by atoms with Gasteiger partial charge in [-0.15, -0.1) is 0 Å². The van der Waals surface area contributed by atoms with E-state index in [2.05, 4.69) is 36.8 Å². The minimum atomic E-state index is 0.496. The Balaban J connectivity index is 1.28. The van der Waals surface area contributed by atoms with Crippen molar-refractivity contribution in [3.8, 4) is 0 Å². The molecule has 7 heteroatoms. The third-order valence-electron chi connectivity index (χ3n) is 4.97. The Morgan fingerprint density at radius 1 is 1.33 bits per heavy atom. The van der Waals surface area contributed by atoms with Gasteiger partial charge in [0.05, 0.1) is 13.1 Å². The average molecular weight is 330 g/mol. The smallest absolute Gasteiger partial charge is 0.229 e. The molecule has 1 atom stereocenters. The summed E-state index contributed by atoms with van der Waals surface area (Å²) in [5.41, 5.74) is 0.